The summed E-state index contributed by atoms with van der Waals surface area (Å²) in [6.07, 6.45) is 0.736. The van der Waals surface area contributed by atoms with E-state index in [0.717, 1.165) is 39.1 Å². The number of aromatic nitrogens is 5. The van der Waals surface area contributed by atoms with Gasteiger partial charge in [0, 0.05) is 22.7 Å². The lowest BCUT2D eigenvalue weighted by atomic mass is 10.00. The molecule has 3 aromatic carbocycles. The number of nitrogens with one attached hydrogen (secondary N) is 2. The van der Waals surface area contributed by atoms with Gasteiger partial charge in [-0.05, 0) is 74.5 Å². The van der Waals surface area contributed by atoms with Crippen LogP contribution in [0, 0.1) is 6.92 Å². The number of methoxy groups -OCH3 is 1. The summed E-state index contributed by atoms with van der Waals surface area (Å²) in [7, 11) is -0.909. The number of fused-ring (bicyclic) bond motifs is 4. The lowest BCUT2D eigenvalue weighted by Crippen LogP contribution is -2.44. The van der Waals surface area contributed by atoms with E-state index in [1.165, 1.54) is 0 Å². The van der Waals surface area contributed by atoms with Crippen molar-refractivity contribution >= 4 is 48.0 Å². The number of rotatable bonds is 8. The molecule has 1 aliphatic rings. The van der Waals surface area contributed by atoms with Crippen molar-refractivity contribution in [2.45, 2.75) is 38.9 Å². The lowest BCUT2D eigenvalue weighted by molar-refractivity contribution is -0.121. The number of aliphatic imine (C=N–C) groups is 1. The van der Waals surface area contributed by atoms with Crippen LogP contribution in [-0.2, 0) is 11.2 Å². The van der Waals surface area contributed by atoms with Gasteiger partial charge in [0.2, 0.25) is 5.91 Å². The predicted molar refractivity (Wildman–Crippen MR) is 169 cm³/mol. The molecule has 0 unspecified atom stereocenters. The number of imidazole rings is 1. The highest BCUT2D eigenvalue weighted by Gasteiger charge is 2.30. The van der Waals surface area contributed by atoms with Crippen LogP contribution < -0.4 is 15.5 Å². The molecule has 3 heterocycles. The van der Waals surface area contributed by atoms with Crippen LogP contribution in [0.5, 0.6) is 5.75 Å². The number of H-pyrrole nitrogens is 1. The Hall–Kier alpha value is -4.32. The minimum Gasteiger partial charge on any atom is -0.497 e. The van der Waals surface area contributed by atoms with Crippen molar-refractivity contribution in [1.82, 2.24) is 30.0 Å². The second kappa shape index (κ2) is 11.4. The summed E-state index contributed by atoms with van der Waals surface area (Å²) >= 11 is 6.20. The Bertz CT molecular complexity index is 1860. The topological polar surface area (TPSA) is 130 Å². The third-order valence-electron chi connectivity index (χ3n) is 7.49. The standard InChI is InChI=1S/C31H32ClN7O3Si/c1-18-37-38-30-26(17-28(40)33-14-13-19-5-11-24-25(15-19)36-31(35-24)43(3,4)41)34-29(20-6-8-21(32)9-7-20)23-16-22(42-2)10-12-27(23)39(18)30/h5-12,15-16,26,41H,13-14,17H2,1-4H3,(H,33,40)(H,35,36)/t26-/m0/s1. The van der Waals surface area contributed by atoms with E-state index in [9.17, 15) is 9.59 Å². The Balaban J connectivity index is 1.25. The summed E-state index contributed by atoms with van der Waals surface area (Å²) in [6.45, 7) is 6.00. The molecule has 0 saturated heterocycles. The highest BCUT2D eigenvalue weighted by Crippen LogP contribution is 2.34. The molecule has 10 nitrogen and oxygen atoms in total. The SMILES string of the molecule is COc1ccc2c(c1)C(c1ccc(Cl)cc1)=N[C@@H](CC(=O)NCCc1ccc3nc([Si](C)(C)O)[nH]c3c1)c1nnc(C)n1-2. The smallest absolute Gasteiger partial charge is 0.254 e. The highest BCUT2D eigenvalue weighted by atomic mass is 35.5. The minimum atomic E-state index is -2.54. The number of carbonyl (C=O) groups is 1. The van der Waals surface area contributed by atoms with E-state index in [1.807, 2.05) is 85.2 Å². The zero-order chi connectivity index (χ0) is 30.3. The normalized spacial score (nSPS) is 14.6. The molecule has 0 spiro atoms. The monoisotopic (exact) mass is 613 g/mol. The second-order valence-electron chi connectivity index (χ2n) is 11.1. The van der Waals surface area contributed by atoms with Gasteiger partial charge in [0.1, 0.15) is 23.1 Å². The first-order valence-corrected chi connectivity index (χ1v) is 17.4. The number of halogens is 1. The van der Waals surface area contributed by atoms with Crippen molar-refractivity contribution in [2.75, 3.05) is 13.7 Å². The third kappa shape index (κ3) is 5.83. The van der Waals surface area contributed by atoms with Crippen molar-refractivity contribution in [1.29, 1.82) is 0 Å². The van der Waals surface area contributed by atoms with Gasteiger partial charge in [-0.25, -0.2) is 4.98 Å². The molecule has 2 aromatic heterocycles. The van der Waals surface area contributed by atoms with Crippen LogP contribution in [0.1, 0.15) is 40.8 Å². The van der Waals surface area contributed by atoms with E-state index in [4.69, 9.17) is 21.3 Å². The largest absolute Gasteiger partial charge is 0.497 e. The van der Waals surface area contributed by atoms with E-state index >= 15 is 0 Å². The van der Waals surface area contributed by atoms with E-state index in [0.29, 0.717) is 40.8 Å². The first-order chi connectivity index (χ1) is 20.6. The summed E-state index contributed by atoms with van der Waals surface area (Å²) in [4.78, 5) is 36.6. The molecule has 1 atom stereocenters. The average molecular weight is 614 g/mol. The number of benzene rings is 3. The third-order valence-corrected chi connectivity index (χ3v) is 9.14. The van der Waals surface area contributed by atoms with E-state index in [-0.39, 0.29) is 12.3 Å². The molecule has 0 radical (unpaired) electrons. The van der Waals surface area contributed by atoms with Crippen molar-refractivity contribution in [2.24, 2.45) is 4.99 Å². The van der Waals surface area contributed by atoms with Crippen LogP contribution in [0.25, 0.3) is 16.7 Å². The van der Waals surface area contributed by atoms with Crippen LogP contribution in [-0.4, -0.2) is 63.1 Å². The maximum absolute atomic E-state index is 13.3. The van der Waals surface area contributed by atoms with Crippen LogP contribution in [0.3, 0.4) is 0 Å². The number of hydrogen-bond donors (Lipinski definition) is 3. The Morgan fingerprint density at radius 1 is 1.12 bits per heavy atom. The van der Waals surface area contributed by atoms with Crippen molar-refractivity contribution in [3.63, 3.8) is 0 Å². The van der Waals surface area contributed by atoms with Crippen molar-refractivity contribution in [3.05, 3.63) is 94.0 Å². The summed E-state index contributed by atoms with van der Waals surface area (Å²) in [6, 6.07) is 18.7. The molecule has 43 heavy (non-hydrogen) atoms. The van der Waals surface area contributed by atoms with Gasteiger partial charge in [-0.2, -0.15) is 0 Å². The summed E-state index contributed by atoms with van der Waals surface area (Å²) in [5.74, 6) is 1.84. The molecule has 220 valence electrons. The molecule has 6 rings (SSSR count). The fourth-order valence-corrected chi connectivity index (χ4v) is 6.23. The average Bonchev–Trinajstić information content (AvgIpc) is 3.56. The first-order valence-electron chi connectivity index (χ1n) is 14.0. The van der Waals surface area contributed by atoms with Crippen LogP contribution >= 0.6 is 11.6 Å². The first kappa shape index (κ1) is 28.8. The molecule has 0 saturated carbocycles. The van der Waals surface area contributed by atoms with Gasteiger partial charge < -0.3 is 19.8 Å². The number of aryl methyl sites for hydroxylation is 1. The fourth-order valence-electron chi connectivity index (χ4n) is 5.27. The maximum atomic E-state index is 13.3. The van der Waals surface area contributed by atoms with Crippen LogP contribution in [0.4, 0.5) is 0 Å². The van der Waals surface area contributed by atoms with Crippen LogP contribution in [0.15, 0.2) is 65.7 Å². The van der Waals surface area contributed by atoms with Gasteiger partial charge in [0.05, 0.1) is 36.0 Å². The van der Waals surface area contributed by atoms with Gasteiger partial charge in [-0.3, -0.25) is 14.4 Å². The predicted octanol–water partition coefficient (Wildman–Crippen LogP) is 4.16. The molecule has 0 aliphatic carbocycles. The Labute approximate surface area is 255 Å². The Morgan fingerprint density at radius 2 is 1.91 bits per heavy atom. The molecule has 1 amide bonds. The number of hydrogen-bond acceptors (Lipinski definition) is 7. The molecule has 12 heteroatoms. The van der Waals surface area contributed by atoms with Gasteiger partial charge in [0.25, 0.3) is 8.32 Å². The van der Waals surface area contributed by atoms with Gasteiger partial charge in [0.15, 0.2) is 5.82 Å². The summed E-state index contributed by atoms with van der Waals surface area (Å²) < 4.78 is 7.50. The van der Waals surface area contributed by atoms with Gasteiger partial charge in [-0.1, -0.05) is 29.8 Å². The fraction of sp³-hybridized carbons (Fsp3) is 0.258. The molecule has 3 N–H and O–H groups in total. The lowest BCUT2D eigenvalue weighted by Gasteiger charge is -2.14. The van der Waals surface area contributed by atoms with E-state index in [2.05, 4.69) is 25.5 Å². The number of aromatic amines is 1. The van der Waals surface area contributed by atoms with Crippen molar-refractivity contribution < 1.29 is 14.3 Å². The molecule has 0 bridgehead atoms. The number of ether oxygens (including phenoxy) is 1. The minimum absolute atomic E-state index is 0.0967. The number of carbonyl (C=O) groups excluding carboxylic acids is 1. The molecular formula is C31H32ClN7O3Si. The number of amides is 1. The van der Waals surface area contributed by atoms with E-state index < -0.39 is 14.4 Å². The molecule has 0 fully saturated rings. The quantitative estimate of drug-likeness (QED) is 0.225. The molecule has 1 aliphatic heterocycles. The Morgan fingerprint density at radius 3 is 2.65 bits per heavy atom. The summed E-state index contributed by atoms with van der Waals surface area (Å²) in [5.41, 5.74) is 6.69. The van der Waals surface area contributed by atoms with Gasteiger partial charge >= 0.3 is 0 Å². The Kier molecular flexibility index (Phi) is 7.63. The second-order valence-corrected chi connectivity index (χ2v) is 15.2. The van der Waals surface area contributed by atoms with Crippen molar-refractivity contribution in [3.8, 4) is 11.4 Å². The highest BCUT2D eigenvalue weighted by molar-refractivity contribution is 6.82. The molecule has 5 aromatic rings. The van der Waals surface area contributed by atoms with E-state index in [1.54, 1.807) is 7.11 Å². The zero-order valence-electron chi connectivity index (χ0n) is 24.3. The van der Waals surface area contributed by atoms with Gasteiger partial charge in [-0.15, -0.1) is 10.2 Å². The number of nitrogens with zero attached hydrogens (tertiary/aromatic N) is 5. The maximum Gasteiger partial charge on any atom is 0.254 e. The molecular weight excluding hydrogens is 582 g/mol. The van der Waals surface area contributed by atoms with Crippen LogP contribution in [0.2, 0.25) is 18.1 Å². The summed E-state index contributed by atoms with van der Waals surface area (Å²) in [5, 5.41) is 12.5. The zero-order valence-corrected chi connectivity index (χ0v) is 26.1.